The third-order valence-corrected chi connectivity index (χ3v) is 3.15. The molecule has 0 aromatic carbocycles. The molecule has 21 heavy (non-hydrogen) atoms. The van der Waals surface area contributed by atoms with Crippen LogP contribution in [-0.4, -0.2) is 34.3 Å². The lowest BCUT2D eigenvalue weighted by molar-refractivity contribution is 0.0514. The molecular weight excluding hydrogens is 264 g/mol. The second-order valence-electron chi connectivity index (χ2n) is 7.41. The third kappa shape index (κ3) is 5.87. The average molecular weight is 294 g/mol. The first-order valence-electron chi connectivity index (χ1n) is 7.57. The fourth-order valence-electron chi connectivity index (χ4n) is 2.23. The maximum absolute atomic E-state index is 10.4. The molecule has 0 bridgehead atoms. The molecule has 3 N–H and O–H groups in total. The predicted molar refractivity (Wildman–Crippen MR) is 88.8 cm³/mol. The van der Waals surface area contributed by atoms with E-state index in [1.54, 1.807) is 0 Å². The van der Waals surface area contributed by atoms with Gasteiger partial charge in [0.05, 0.1) is 5.60 Å². The normalized spacial score (nSPS) is 14.9. The Hall–Kier alpha value is -1.36. The van der Waals surface area contributed by atoms with Crippen LogP contribution in [0.3, 0.4) is 0 Å². The highest BCUT2D eigenvalue weighted by Gasteiger charge is 2.23. The van der Waals surface area contributed by atoms with Crippen molar-refractivity contribution in [1.82, 2.24) is 9.97 Å². The van der Waals surface area contributed by atoms with E-state index in [2.05, 4.69) is 55.2 Å². The first kappa shape index (κ1) is 17.7. The molecule has 5 heteroatoms. The van der Waals surface area contributed by atoms with E-state index in [9.17, 15) is 5.11 Å². The number of aromatic nitrogens is 2. The van der Waals surface area contributed by atoms with Crippen LogP contribution in [0.15, 0.2) is 6.07 Å². The van der Waals surface area contributed by atoms with Gasteiger partial charge in [0.2, 0.25) is 0 Å². The van der Waals surface area contributed by atoms with Crippen molar-refractivity contribution in [2.75, 3.05) is 24.2 Å². The zero-order valence-electron chi connectivity index (χ0n) is 14.4. The van der Waals surface area contributed by atoms with Crippen molar-refractivity contribution in [1.29, 1.82) is 0 Å². The summed E-state index contributed by atoms with van der Waals surface area (Å²) in [6.07, 6.45) is 0.746. The zero-order chi connectivity index (χ0) is 16.3. The highest BCUT2D eigenvalue weighted by molar-refractivity contribution is 5.48. The van der Waals surface area contributed by atoms with Crippen LogP contribution in [0, 0.1) is 5.92 Å². The van der Waals surface area contributed by atoms with Crippen LogP contribution >= 0.6 is 0 Å². The molecule has 5 nitrogen and oxygen atoms in total. The molecular formula is C16H30N4O. The second-order valence-corrected chi connectivity index (χ2v) is 7.41. The lowest BCUT2D eigenvalue weighted by atomic mass is 9.94. The van der Waals surface area contributed by atoms with Gasteiger partial charge in [0, 0.05) is 25.1 Å². The van der Waals surface area contributed by atoms with Crippen LogP contribution < -0.4 is 10.6 Å². The van der Waals surface area contributed by atoms with Crippen molar-refractivity contribution >= 4 is 11.6 Å². The van der Waals surface area contributed by atoms with Crippen molar-refractivity contribution in [3.63, 3.8) is 0 Å². The molecule has 120 valence electrons. The minimum Gasteiger partial charge on any atom is -0.388 e. The lowest BCUT2D eigenvalue weighted by Gasteiger charge is -2.26. The minimum absolute atomic E-state index is 0.121. The molecule has 0 fully saturated rings. The van der Waals surface area contributed by atoms with Crippen molar-refractivity contribution in [3.05, 3.63) is 11.9 Å². The summed E-state index contributed by atoms with van der Waals surface area (Å²) in [5, 5.41) is 16.7. The fourth-order valence-corrected chi connectivity index (χ4v) is 2.23. The molecule has 0 radical (unpaired) electrons. The predicted octanol–water partition coefficient (Wildman–Crippen LogP) is 3.02. The monoisotopic (exact) mass is 294 g/mol. The SMILES string of the molecule is CNc1cc(NCC(C)(O)CC(C)C)nc(C(C)(C)C)n1. The molecule has 0 aliphatic heterocycles. The van der Waals surface area contributed by atoms with E-state index < -0.39 is 5.60 Å². The molecule has 1 rings (SSSR count). The lowest BCUT2D eigenvalue weighted by Crippen LogP contribution is -2.35. The molecule has 0 aliphatic carbocycles. The molecule has 0 saturated carbocycles. The molecule has 1 heterocycles. The molecule has 0 saturated heterocycles. The van der Waals surface area contributed by atoms with Gasteiger partial charge in [-0.1, -0.05) is 34.6 Å². The molecule has 0 aliphatic rings. The quantitative estimate of drug-likeness (QED) is 0.752. The Balaban J connectivity index is 2.88. The summed E-state index contributed by atoms with van der Waals surface area (Å²) in [5.41, 5.74) is -0.870. The van der Waals surface area contributed by atoms with Gasteiger partial charge in [0.15, 0.2) is 0 Å². The Bertz CT molecular complexity index is 464. The van der Waals surface area contributed by atoms with Gasteiger partial charge in [-0.15, -0.1) is 0 Å². The maximum atomic E-state index is 10.4. The number of hydrogen-bond acceptors (Lipinski definition) is 5. The van der Waals surface area contributed by atoms with Gasteiger partial charge in [-0.25, -0.2) is 9.97 Å². The summed E-state index contributed by atoms with van der Waals surface area (Å²) >= 11 is 0. The van der Waals surface area contributed by atoms with Gasteiger partial charge in [-0.2, -0.15) is 0 Å². The van der Waals surface area contributed by atoms with Crippen molar-refractivity contribution in [2.45, 2.75) is 59.0 Å². The van der Waals surface area contributed by atoms with Crippen LogP contribution in [-0.2, 0) is 5.41 Å². The van der Waals surface area contributed by atoms with E-state index in [0.717, 1.165) is 23.9 Å². The Morgan fingerprint density at radius 3 is 2.19 bits per heavy atom. The minimum atomic E-state index is -0.749. The molecule has 1 aromatic rings. The van der Waals surface area contributed by atoms with Gasteiger partial charge in [0.25, 0.3) is 0 Å². The first-order valence-corrected chi connectivity index (χ1v) is 7.57. The number of rotatable bonds is 6. The van der Waals surface area contributed by atoms with Gasteiger partial charge in [-0.3, -0.25) is 0 Å². The molecule has 0 spiro atoms. The van der Waals surface area contributed by atoms with Crippen LogP contribution in [0.2, 0.25) is 0 Å². The summed E-state index contributed by atoms with van der Waals surface area (Å²) in [5.74, 6) is 2.75. The van der Waals surface area contributed by atoms with Crippen LogP contribution in [0.25, 0.3) is 0 Å². The Labute approximate surface area is 128 Å². The Morgan fingerprint density at radius 1 is 1.14 bits per heavy atom. The van der Waals surface area contributed by atoms with Gasteiger partial charge >= 0.3 is 0 Å². The molecule has 1 aromatic heterocycles. The van der Waals surface area contributed by atoms with Crippen LogP contribution in [0.1, 0.15) is 53.8 Å². The van der Waals surface area contributed by atoms with Crippen LogP contribution in [0.5, 0.6) is 0 Å². The topological polar surface area (TPSA) is 70.1 Å². The summed E-state index contributed by atoms with van der Waals surface area (Å²) in [7, 11) is 1.84. The number of nitrogens with one attached hydrogen (secondary N) is 2. The largest absolute Gasteiger partial charge is 0.388 e. The number of nitrogens with zero attached hydrogens (tertiary/aromatic N) is 2. The first-order chi connectivity index (χ1) is 9.53. The van der Waals surface area contributed by atoms with Gasteiger partial charge in [-0.05, 0) is 19.3 Å². The van der Waals surface area contributed by atoms with Crippen molar-refractivity contribution < 1.29 is 5.11 Å². The average Bonchev–Trinajstić information content (AvgIpc) is 2.33. The summed E-state index contributed by atoms with van der Waals surface area (Å²) < 4.78 is 0. The highest BCUT2D eigenvalue weighted by Crippen LogP contribution is 2.23. The third-order valence-electron chi connectivity index (χ3n) is 3.15. The highest BCUT2D eigenvalue weighted by atomic mass is 16.3. The van der Waals surface area contributed by atoms with Crippen LogP contribution in [0.4, 0.5) is 11.6 Å². The van der Waals surface area contributed by atoms with E-state index in [1.165, 1.54) is 0 Å². The molecule has 0 amide bonds. The Kier molecular flexibility index (Phi) is 5.56. The summed E-state index contributed by atoms with van der Waals surface area (Å²) in [6, 6.07) is 1.86. The second kappa shape index (κ2) is 6.60. The maximum Gasteiger partial charge on any atom is 0.138 e. The number of aliphatic hydroxyl groups is 1. The van der Waals surface area contributed by atoms with E-state index in [0.29, 0.717) is 12.5 Å². The summed E-state index contributed by atoms with van der Waals surface area (Å²) in [6.45, 7) is 12.8. The molecule has 1 unspecified atom stereocenters. The summed E-state index contributed by atoms with van der Waals surface area (Å²) in [4.78, 5) is 9.05. The molecule has 1 atom stereocenters. The van der Waals surface area contributed by atoms with E-state index >= 15 is 0 Å². The van der Waals surface area contributed by atoms with Gasteiger partial charge in [0.1, 0.15) is 17.5 Å². The van der Waals surface area contributed by atoms with Crippen molar-refractivity contribution in [2.24, 2.45) is 5.92 Å². The van der Waals surface area contributed by atoms with E-state index in [-0.39, 0.29) is 5.41 Å². The number of anilines is 2. The standard InChI is InChI=1S/C16H30N4O/c1-11(2)9-16(6,21)10-18-13-8-12(17-7)19-14(20-13)15(3,4)5/h8,11,21H,9-10H2,1-7H3,(H2,17,18,19,20). The Morgan fingerprint density at radius 2 is 1.71 bits per heavy atom. The number of hydrogen-bond donors (Lipinski definition) is 3. The smallest absolute Gasteiger partial charge is 0.138 e. The fraction of sp³-hybridized carbons (Fsp3) is 0.750. The van der Waals surface area contributed by atoms with E-state index in [1.807, 2.05) is 20.0 Å². The zero-order valence-corrected chi connectivity index (χ0v) is 14.4. The van der Waals surface area contributed by atoms with E-state index in [4.69, 9.17) is 0 Å². The van der Waals surface area contributed by atoms with Gasteiger partial charge < -0.3 is 15.7 Å². The van der Waals surface area contributed by atoms with Crippen molar-refractivity contribution in [3.8, 4) is 0 Å².